The van der Waals surface area contributed by atoms with Crippen LogP contribution < -0.4 is 5.73 Å². The zero-order chi connectivity index (χ0) is 13.9. The molecule has 1 heterocycles. The van der Waals surface area contributed by atoms with Gasteiger partial charge in [-0.3, -0.25) is 4.68 Å². The third-order valence-corrected chi connectivity index (χ3v) is 4.46. The minimum absolute atomic E-state index is 0.0565. The number of nitrogens with zero attached hydrogens (tertiary/aromatic N) is 2. The van der Waals surface area contributed by atoms with Crippen molar-refractivity contribution in [1.82, 2.24) is 9.78 Å². The van der Waals surface area contributed by atoms with Gasteiger partial charge in [0.2, 0.25) is 0 Å². The zero-order valence-electron chi connectivity index (χ0n) is 12.1. The Morgan fingerprint density at radius 1 is 1.42 bits per heavy atom. The predicted molar refractivity (Wildman–Crippen MR) is 75.8 cm³/mol. The molecule has 0 aliphatic heterocycles. The molecule has 4 heteroatoms. The van der Waals surface area contributed by atoms with Crippen molar-refractivity contribution in [3.05, 3.63) is 18.0 Å². The Morgan fingerprint density at radius 2 is 2.11 bits per heavy atom. The molecule has 108 valence electrons. The van der Waals surface area contributed by atoms with Gasteiger partial charge in [0.15, 0.2) is 0 Å². The van der Waals surface area contributed by atoms with E-state index in [2.05, 4.69) is 5.10 Å². The summed E-state index contributed by atoms with van der Waals surface area (Å²) < 4.78 is 16.6. The van der Waals surface area contributed by atoms with Crippen LogP contribution in [-0.2, 0) is 6.42 Å². The predicted octanol–water partition coefficient (Wildman–Crippen LogP) is 3.25. The Kier molecular flexibility index (Phi) is 4.61. The molecule has 0 spiro atoms. The van der Waals surface area contributed by atoms with Crippen molar-refractivity contribution >= 4 is 0 Å². The second-order valence-electron chi connectivity index (χ2n) is 6.15. The first-order chi connectivity index (χ1) is 9.05. The molecule has 0 amide bonds. The van der Waals surface area contributed by atoms with Gasteiger partial charge in [0.05, 0.1) is 11.7 Å². The van der Waals surface area contributed by atoms with E-state index in [1.54, 1.807) is 0 Å². The molecular formula is C15H26FN3. The van der Waals surface area contributed by atoms with E-state index in [0.717, 1.165) is 5.69 Å². The summed E-state index contributed by atoms with van der Waals surface area (Å²) in [6.07, 6.45) is 8.61. The van der Waals surface area contributed by atoms with Crippen molar-refractivity contribution < 1.29 is 4.39 Å². The van der Waals surface area contributed by atoms with Gasteiger partial charge in [-0.15, -0.1) is 0 Å². The fourth-order valence-corrected chi connectivity index (χ4v) is 2.83. The van der Waals surface area contributed by atoms with Crippen LogP contribution in [-0.4, -0.2) is 22.0 Å². The van der Waals surface area contributed by atoms with Gasteiger partial charge in [-0.05, 0) is 24.8 Å². The average Bonchev–Trinajstić information content (AvgIpc) is 2.87. The van der Waals surface area contributed by atoms with Crippen LogP contribution in [0, 0.1) is 5.92 Å². The highest BCUT2D eigenvalue weighted by Crippen LogP contribution is 2.29. The van der Waals surface area contributed by atoms with Gasteiger partial charge in [0, 0.05) is 19.2 Å². The van der Waals surface area contributed by atoms with E-state index in [1.165, 1.54) is 32.1 Å². The van der Waals surface area contributed by atoms with E-state index in [9.17, 15) is 4.39 Å². The van der Waals surface area contributed by atoms with Gasteiger partial charge < -0.3 is 5.73 Å². The largest absolute Gasteiger partial charge is 0.328 e. The molecule has 1 fully saturated rings. The van der Waals surface area contributed by atoms with E-state index in [-0.39, 0.29) is 12.5 Å². The second-order valence-corrected chi connectivity index (χ2v) is 6.15. The van der Waals surface area contributed by atoms with Gasteiger partial charge in [-0.1, -0.05) is 33.1 Å². The highest BCUT2D eigenvalue weighted by Gasteiger charge is 2.33. The number of alkyl halides is 1. The van der Waals surface area contributed by atoms with E-state index in [1.807, 2.05) is 30.8 Å². The summed E-state index contributed by atoms with van der Waals surface area (Å²) in [5, 5.41) is 4.57. The summed E-state index contributed by atoms with van der Waals surface area (Å²) in [6, 6.07) is 2.45. The Morgan fingerprint density at radius 3 is 2.68 bits per heavy atom. The molecule has 0 saturated heterocycles. The molecule has 19 heavy (non-hydrogen) atoms. The van der Waals surface area contributed by atoms with E-state index in [0.29, 0.717) is 12.5 Å². The van der Waals surface area contributed by atoms with Gasteiger partial charge >= 0.3 is 0 Å². The maximum Gasteiger partial charge on any atom is 0.131 e. The smallest absolute Gasteiger partial charge is 0.131 e. The number of hydrogen-bond donors (Lipinski definition) is 1. The number of nitrogens with two attached hydrogens (primary N) is 1. The normalized spacial score (nSPS) is 20.7. The van der Waals surface area contributed by atoms with Gasteiger partial charge in [0.25, 0.3) is 0 Å². The van der Waals surface area contributed by atoms with Crippen molar-refractivity contribution in [3.63, 3.8) is 0 Å². The summed E-state index contributed by atoms with van der Waals surface area (Å²) in [5.41, 5.74) is 5.08. The highest BCUT2D eigenvalue weighted by atomic mass is 19.1. The maximum atomic E-state index is 14.6. The zero-order valence-corrected chi connectivity index (χ0v) is 12.1. The Bertz CT molecular complexity index is 396. The molecule has 0 bridgehead atoms. The summed E-state index contributed by atoms with van der Waals surface area (Å²) in [7, 11) is 0. The van der Waals surface area contributed by atoms with E-state index < -0.39 is 5.67 Å². The number of halogens is 1. The molecule has 3 nitrogen and oxygen atoms in total. The standard InChI is InChI=1S/C15H26FN3/c1-12(2)15(16,11-17)10-13-8-9-19(18-13)14-6-4-3-5-7-14/h8-9,12,14H,3-7,10-11,17H2,1-2H3. The summed E-state index contributed by atoms with van der Waals surface area (Å²) in [4.78, 5) is 0. The topological polar surface area (TPSA) is 43.8 Å². The molecule has 1 aromatic rings. The lowest BCUT2D eigenvalue weighted by Crippen LogP contribution is -2.40. The first kappa shape index (κ1) is 14.5. The van der Waals surface area contributed by atoms with Crippen molar-refractivity contribution in [2.45, 2.75) is 64.1 Å². The van der Waals surface area contributed by atoms with Crippen LogP contribution in [0.3, 0.4) is 0 Å². The lowest BCUT2D eigenvalue weighted by atomic mass is 9.88. The maximum absolute atomic E-state index is 14.6. The van der Waals surface area contributed by atoms with Gasteiger partial charge in [-0.25, -0.2) is 4.39 Å². The number of rotatable bonds is 5. The molecule has 1 saturated carbocycles. The van der Waals surface area contributed by atoms with Crippen LogP contribution in [0.1, 0.15) is 57.7 Å². The monoisotopic (exact) mass is 267 g/mol. The Hall–Kier alpha value is -0.900. The van der Waals surface area contributed by atoms with Crippen LogP contribution in [0.2, 0.25) is 0 Å². The van der Waals surface area contributed by atoms with E-state index >= 15 is 0 Å². The number of aromatic nitrogens is 2. The fraction of sp³-hybridized carbons (Fsp3) is 0.800. The molecule has 1 unspecified atom stereocenters. The van der Waals surface area contributed by atoms with Crippen molar-refractivity contribution in [2.24, 2.45) is 11.7 Å². The molecule has 0 radical (unpaired) electrons. The summed E-state index contributed by atoms with van der Waals surface area (Å²) in [5.74, 6) is -0.0858. The van der Waals surface area contributed by atoms with E-state index in [4.69, 9.17) is 5.73 Å². The Balaban J connectivity index is 2.04. The molecule has 2 N–H and O–H groups in total. The van der Waals surface area contributed by atoms with Crippen LogP contribution >= 0.6 is 0 Å². The minimum Gasteiger partial charge on any atom is -0.328 e. The van der Waals surface area contributed by atoms with Gasteiger partial charge in [-0.2, -0.15) is 5.10 Å². The van der Waals surface area contributed by atoms with Gasteiger partial charge in [0.1, 0.15) is 5.67 Å². The number of hydrogen-bond acceptors (Lipinski definition) is 2. The first-order valence-corrected chi connectivity index (χ1v) is 7.48. The second kappa shape index (κ2) is 6.04. The van der Waals surface area contributed by atoms with Crippen molar-refractivity contribution in [1.29, 1.82) is 0 Å². The third kappa shape index (κ3) is 3.35. The average molecular weight is 267 g/mol. The molecular weight excluding hydrogens is 241 g/mol. The highest BCUT2D eigenvalue weighted by molar-refractivity contribution is 5.06. The Labute approximate surface area is 115 Å². The lowest BCUT2D eigenvalue weighted by molar-refractivity contribution is 0.109. The molecule has 2 rings (SSSR count). The quantitative estimate of drug-likeness (QED) is 0.890. The molecule has 1 aromatic heterocycles. The first-order valence-electron chi connectivity index (χ1n) is 7.48. The van der Waals surface area contributed by atoms with Crippen LogP contribution in [0.15, 0.2) is 12.3 Å². The minimum atomic E-state index is -1.34. The van der Waals surface area contributed by atoms with Crippen LogP contribution in [0.4, 0.5) is 4.39 Å². The van der Waals surface area contributed by atoms with Crippen LogP contribution in [0.5, 0.6) is 0 Å². The summed E-state index contributed by atoms with van der Waals surface area (Å²) >= 11 is 0. The summed E-state index contributed by atoms with van der Waals surface area (Å²) in [6.45, 7) is 3.82. The fourth-order valence-electron chi connectivity index (χ4n) is 2.83. The van der Waals surface area contributed by atoms with Crippen LogP contribution in [0.25, 0.3) is 0 Å². The SMILES string of the molecule is CC(C)C(F)(CN)Cc1ccn(C2CCCCC2)n1. The lowest BCUT2D eigenvalue weighted by Gasteiger charge is -2.27. The molecule has 1 atom stereocenters. The molecule has 0 aromatic carbocycles. The van der Waals surface area contributed by atoms with Crippen molar-refractivity contribution in [2.75, 3.05) is 6.54 Å². The third-order valence-electron chi connectivity index (χ3n) is 4.46. The molecule has 1 aliphatic rings. The van der Waals surface area contributed by atoms with Crippen molar-refractivity contribution in [3.8, 4) is 0 Å². The molecule has 1 aliphatic carbocycles.